The smallest absolute Gasteiger partial charge is 0.253 e. The minimum Gasteiger partial charge on any atom is -0.376 e. The maximum Gasteiger partial charge on any atom is 0.253 e. The third-order valence-corrected chi connectivity index (χ3v) is 6.58. The highest BCUT2D eigenvalue weighted by atomic mass is 16.2. The van der Waals surface area contributed by atoms with E-state index in [4.69, 9.17) is 0 Å². The molecule has 7 heteroatoms. The second kappa shape index (κ2) is 11.7. The second-order valence-electron chi connectivity index (χ2n) is 9.22. The predicted molar refractivity (Wildman–Crippen MR) is 134 cm³/mol. The molecule has 1 saturated heterocycles. The van der Waals surface area contributed by atoms with Crippen LogP contribution in [0, 0.1) is 0 Å². The molecule has 2 aromatic rings. The standard InChI is InChI=1S/C27H34N4O3/c32-25(29-23-14-12-20(13-15-23)27(34)31-16-5-2-6-17-31)19-28-24-11-7-8-21(18-24)26(33)30-22-9-3-1-4-10-22/h7-8,11-15,18,22,28H,1-6,9-10,16-17,19H2,(H,29,32)(H,30,33). The lowest BCUT2D eigenvalue weighted by molar-refractivity contribution is -0.114. The van der Waals surface area contributed by atoms with Crippen LogP contribution in [-0.2, 0) is 4.79 Å². The van der Waals surface area contributed by atoms with Crippen LogP contribution in [-0.4, -0.2) is 48.3 Å². The van der Waals surface area contributed by atoms with Crippen molar-refractivity contribution in [1.29, 1.82) is 0 Å². The average Bonchev–Trinajstić information content (AvgIpc) is 2.89. The van der Waals surface area contributed by atoms with Gasteiger partial charge in [0, 0.05) is 41.6 Å². The van der Waals surface area contributed by atoms with Gasteiger partial charge in [-0.15, -0.1) is 0 Å². The van der Waals surface area contributed by atoms with E-state index in [0.717, 1.165) is 38.8 Å². The Morgan fingerprint density at radius 2 is 1.50 bits per heavy atom. The van der Waals surface area contributed by atoms with Crippen molar-refractivity contribution in [3.05, 3.63) is 59.7 Å². The van der Waals surface area contributed by atoms with Gasteiger partial charge in [-0.2, -0.15) is 0 Å². The van der Waals surface area contributed by atoms with Crippen molar-refractivity contribution < 1.29 is 14.4 Å². The van der Waals surface area contributed by atoms with Gasteiger partial charge in [0.25, 0.3) is 11.8 Å². The van der Waals surface area contributed by atoms with Gasteiger partial charge in [-0.3, -0.25) is 14.4 Å². The van der Waals surface area contributed by atoms with Crippen molar-refractivity contribution in [2.45, 2.75) is 57.4 Å². The van der Waals surface area contributed by atoms with Gasteiger partial charge in [0.2, 0.25) is 5.91 Å². The number of nitrogens with zero attached hydrogens (tertiary/aromatic N) is 1. The molecular formula is C27H34N4O3. The van der Waals surface area contributed by atoms with Gasteiger partial charge in [0.15, 0.2) is 0 Å². The first-order valence-corrected chi connectivity index (χ1v) is 12.4. The third kappa shape index (κ3) is 6.59. The van der Waals surface area contributed by atoms with Crippen LogP contribution in [0.15, 0.2) is 48.5 Å². The summed E-state index contributed by atoms with van der Waals surface area (Å²) >= 11 is 0. The Hall–Kier alpha value is -3.35. The average molecular weight is 463 g/mol. The zero-order valence-electron chi connectivity index (χ0n) is 19.6. The molecule has 0 atom stereocenters. The van der Waals surface area contributed by atoms with Gasteiger partial charge >= 0.3 is 0 Å². The van der Waals surface area contributed by atoms with Crippen LogP contribution in [0.25, 0.3) is 0 Å². The number of piperidine rings is 1. The number of hydrogen-bond donors (Lipinski definition) is 3. The second-order valence-corrected chi connectivity index (χ2v) is 9.22. The van der Waals surface area contributed by atoms with E-state index in [1.165, 1.54) is 25.7 Å². The summed E-state index contributed by atoms with van der Waals surface area (Å²) < 4.78 is 0. The summed E-state index contributed by atoms with van der Waals surface area (Å²) in [7, 11) is 0. The SMILES string of the molecule is O=C(CNc1cccc(C(=O)NC2CCCCC2)c1)Nc1ccc(C(=O)N2CCCCC2)cc1. The first-order chi connectivity index (χ1) is 16.6. The summed E-state index contributed by atoms with van der Waals surface area (Å²) in [5.74, 6) is -0.224. The molecule has 2 aromatic carbocycles. The predicted octanol–water partition coefficient (Wildman–Crippen LogP) is 4.43. The van der Waals surface area contributed by atoms with Crippen molar-refractivity contribution in [3.8, 4) is 0 Å². The van der Waals surface area contributed by atoms with E-state index >= 15 is 0 Å². The molecule has 1 aliphatic heterocycles. The van der Waals surface area contributed by atoms with E-state index in [1.807, 2.05) is 17.0 Å². The molecule has 180 valence electrons. The summed E-state index contributed by atoms with van der Waals surface area (Å²) in [5.41, 5.74) is 2.59. The first-order valence-electron chi connectivity index (χ1n) is 12.4. The van der Waals surface area contributed by atoms with E-state index in [9.17, 15) is 14.4 Å². The third-order valence-electron chi connectivity index (χ3n) is 6.58. The van der Waals surface area contributed by atoms with Gasteiger partial charge in [-0.25, -0.2) is 0 Å². The van der Waals surface area contributed by atoms with Gasteiger partial charge in [0.05, 0.1) is 6.54 Å². The van der Waals surface area contributed by atoms with E-state index in [0.29, 0.717) is 22.5 Å². The Labute approximate surface area is 201 Å². The molecule has 34 heavy (non-hydrogen) atoms. The molecule has 3 N–H and O–H groups in total. The summed E-state index contributed by atoms with van der Waals surface area (Å²) in [6.07, 6.45) is 8.95. The van der Waals surface area contributed by atoms with E-state index < -0.39 is 0 Å². The van der Waals surface area contributed by atoms with Crippen LogP contribution in [0.5, 0.6) is 0 Å². The van der Waals surface area contributed by atoms with Crippen LogP contribution < -0.4 is 16.0 Å². The molecule has 3 amide bonds. The molecule has 0 bridgehead atoms. The number of likely N-dealkylation sites (tertiary alicyclic amines) is 1. The van der Waals surface area contributed by atoms with Crippen LogP contribution >= 0.6 is 0 Å². The Kier molecular flexibility index (Phi) is 8.17. The van der Waals surface area contributed by atoms with E-state index in [-0.39, 0.29) is 30.3 Å². The fraction of sp³-hybridized carbons (Fsp3) is 0.444. The monoisotopic (exact) mass is 462 g/mol. The molecular weight excluding hydrogens is 428 g/mol. The Morgan fingerprint density at radius 3 is 2.24 bits per heavy atom. The summed E-state index contributed by atoms with van der Waals surface area (Å²) in [6, 6.07) is 14.5. The van der Waals surface area contributed by atoms with Crippen molar-refractivity contribution >= 4 is 29.1 Å². The lowest BCUT2D eigenvalue weighted by atomic mass is 9.95. The Bertz CT molecular complexity index is 993. The highest BCUT2D eigenvalue weighted by molar-refractivity contribution is 5.97. The van der Waals surface area contributed by atoms with Crippen molar-refractivity contribution in [2.75, 3.05) is 30.3 Å². The van der Waals surface area contributed by atoms with Gasteiger partial charge in [-0.05, 0) is 74.6 Å². The number of amides is 3. The fourth-order valence-electron chi connectivity index (χ4n) is 4.65. The van der Waals surface area contributed by atoms with Crippen molar-refractivity contribution in [2.24, 2.45) is 0 Å². The summed E-state index contributed by atoms with van der Waals surface area (Å²) in [5, 5.41) is 9.05. The largest absolute Gasteiger partial charge is 0.376 e. The lowest BCUT2D eigenvalue weighted by Crippen LogP contribution is -2.36. The van der Waals surface area contributed by atoms with Crippen LogP contribution in [0.3, 0.4) is 0 Å². The van der Waals surface area contributed by atoms with E-state index in [1.54, 1.807) is 36.4 Å². The molecule has 4 rings (SSSR count). The van der Waals surface area contributed by atoms with Crippen LogP contribution in [0.1, 0.15) is 72.1 Å². The maximum absolute atomic E-state index is 12.6. The van der Waals surface area contributed by atoms with Crippen LogP contribution in [0.2, 0.25) is 0 Å². The quantitative estimate of drug-likeness (QED) is 0.568. The lowest BCUT2D eigenvalue weighted by Gasteiger charge is -2.26. The highest BCUT2D eigenvalue weighted by Gasteiger charge is 2.18. The molecule has 1 saturated carbocycles. The van der Waals surface area contributed by atoms with Gasteiger partial charge < -0.3 is 20.9 Å². The van der Waals surface area contributed by atoms with Crippen molar-refractivity contribution in [3.63, 3.8) is 0 Å². The van der Waals surface area contributed by atoms with E-state index in [2.05, 4.69) is 16.0 Å². The molecule has 0 unspecified atom stereocenters. The normalized spacial score (nSPS) is 16.5. The minimum atomic E-state index is -0.202. The Balaban J connectivity index is 1.25. The molecule has 2 fully saturated rings. The highest BCUT2D eigenvalue weighted by Crippen LogP contribution is 2.19. The molecule has 0 spiro atoms. The van der Waals surface area contributed by atoms with Gasteiger partial charge in [-0.1, -0.05) is 25.3 Å². The minimum absolute atomic E-state index is 0.0478. The zero-order chi connectivity index (χ0) is 23.8. The molecule has 2 aliphatic rings. The number of carbonyl (C=O) groups is 3. The molecule has 0 radical (unpaired) electrons. The molecule has 7 nitrogen and oxygen atoms in total. The molecule has 1 heterocycles. The molecule has 1 aliphatic carbocycles. The van der Waals surface area contributed by atoms with Crippen molar-refractivity contribution in [1.82, 2.24) is 10.2 Å². The molecule has 0 aromatic heterocycles. The maximum atomic E-state index is 12.6. The topological polar surface area (TPSA) is 90.5 Å². The van der Waals surface area contributed by atoms with Crippen LogP contribution in [0.4, 0.5) is 11.4 Å². The number of rotatable bonds is 7. The Morgan fingerprint density at radius 1 is 0.794 bits per heavy atom. The number of anilines is 2. The fourth-order valence-corrected chi connectivity index (χ4v) is 4.65. The summed E-state index contributed by atoms with van der Waals surface area (Å²) in [6.45, 7) is 1.70. The summed E-state index contributed by atoms with van der Waals surface area (Å²) in [4.78, 5) is 39.5. The number of nitrogens with one attached hydrogen (secondary N) is 3. The first kappa shape index (κ1) is 23.8. The number of hydrogen-bond acceptors (Lipinski definition) is 4. The zero-order valence-corrected chi connectivity index (χ0v) is 19.6. The number of carbonyl (C=O) groups excluding carboxylic acids is 3. The van der Waals surface area contributed by atoms with Gasteiger partial charge in [0.1, 0.15) is 0 Å². The number of benzene rings is 2.